The van der Waals surface area contributed by atoms with Gasteiger partial charge in [0, 0.05) is 0 Å². The Bertz CT molecular complexity index is 194. The van der Waals surface area contributed by atoms with Crippen molar-refractivity contribution in [2.24, 2.45) is 0 Å². The first-order chi connectivity index (χ1) is 8.91. The molecule has 0 saturated heterocycles. The highest BCUT2D eigenvalue weighted by Gasteiger charge is 1.91. The van der Waals surface area contributed by atoms with Crippen molar-refractivity contribution in [3.05, 3.63) is 24.5 Å². The molecule has 0 aromatic carbocycles. The molecule has 0 heterocycles. The van der Waals surface area contributed by atoms with Crippen molar-refractivity contribution in [2.45, 2.75) is 77.6 Å². The van der Waals surface area contributed by atoms with Crippen molar-refractivity contribution in [3.63, 3.8) is 0 Å². The van der Waals surface area contributed by atoms with E-state index >= 15 is 0 Å². The van der Waals surface area contributed by atoms with Gasteiger partial charge in [-0.15, -0.1) is 0 Å². The lowest BCUT2D eigenvalue weighted by Gasteiger charge is -2.01. The van der Waals surface area contributed by atoms with Crippen LogP contribution in [0.1, 0.15) is 77.6 Å². The minimum absolute atomic E-state index is 1.20. The number of hydrogen-bond acceptors (Lipinski definition) is 1. The predicted octanol–water partition coefficient (Wildman–Crippen LogP) is 6.01. The van der Waals surface area contributed by atoms with E-state index in [-0.39, 0.29) is 0 Å². The monoisotopic (exact) mass is 252 g/mol. The number of hydrogen-bond donors (Lipinski definition) is 0. The van der Waals surface area contributed by atoms with E-state index in [1.54, 1.807) is 13.4 Å². The van der Waals surface area contributed by atoms with Gasteiger partial charge in [-0.2, -0.15) is 0 Å². The van der Waals surface area contributed by atoms with E-state index < -0.39 is 0 Å². The largest absolute Gasteiger partial charge is 0.504 e. The van der Waals surface area contributed by atoms with Crippen LogP contribution in [0, 0.1) is 0 Å². The molecule has 0 amide bonds. The maximum Gasteiger partial charge on any atom is 0.0824 e. The van der Waals surface area contributed by atoms with Crippen LogP contribution in [0.15, 0.2) is 24.5 Å². The van der Waals surface area contributed by atoms with Gasteiger partial charge in [-0.05, 0) is 18.9 Å². The van der Waals surface area contributed by atoms with Gasteiger partial charge in [0.25, 0.3) is 0 Å². The van der Waals surface area contributed by atoms with Crippen LogP contribution in [0.4, 0.5) is 0 Å². The normalized spacial score (nSPS) is 11.7. The number of allylic oxidation sites excluding steroid dienone is 3. The van der Waals surface area contributed by atoms with Gasteiger partial charge in [0.1, 0.15) is 0 Å². The molecular weight excluding hydrogens is 220 g/mol. The SMILES string of the molecule is CCCCCCCCCCCC/C=C/C=C/OC. The number of methoxy groups -OCH3 is 1. The Morgan fingerprint density at radius 2 is 1.28 bits per heavy atom. The molecule has 106 valence electrons. The van der Waals surface area contributed by atoms with Gasteiger partial charge in [0.05, 0.1) is 13.4 Å². The first-order valence-corrected chi connectivity index (χ1v) is 7.76. The second-order valence-corrected chi connectivity index (χ2v) is 4.96. The summed E-state index contributed by atoms with van der Waals surface area (Å²) in [5, 5.41) is 0. The molecule has 0 bridgehead atoms. The first kappa shape index (κ1) is 17.3. The van der Waals surface area contributed by atoms with Crippen LogP contribution >= 0.6 is 0 Å². The molecule has 0 aromatic rings. The van der Waals surface area contributed by atoms with Gasteiger partial charge in [0.2, 0.25) is 0 Å². The Morgan fingerprint density at radius 1 is 0.722 bits per heavy atom. The van der Waals surface area contributed by atoms with Crippen molar-refractivity contribution >= 4 is 0 Å². The summed E-state index contributed by atoms with van der Waals surface area (Å²) in [4.78, 5) is 0. The number of unbranched alkanes of at least 4 members (excludes halogenated alkanes) is 10. The first-order valence-electron chi connectivity index (χ1n) is 7.76. The molecule has 1 heteroatoms. The molecule has 0 fully saturated rings. The fourth-order valence-corrected chi connectivity index (χ4v) is 2.05. The lowest BCUT2D eigenvalue weighted by Crippen LogP contribution is -1.81. The smallest absolute Gasteiger partial charge is 0.0824 e. The van der Waals surface area contributed by atoms with E-state index in [9.17, 15) is 0 Å². The topological polar surface area (TPSA) is 9.23 Å². The molecule has 0 spiro atoms. The van der Waals surface area contributed by atoms with Crippen molar-refractivity contribution < 1.29 is 4.74 Å². The van der Waals surface area contributed by atoms with Gasteiger partial charge in [-0.1, -0.05) is 76.9 Å². The Labute approximate surface area is 114 Å². The second-order valence-electron chi connectivity index (χ2n) is 4.96. The standard InChI is InChI=1S/C17H32O/c1-3-4-5-6-7-8-9-10-11-12-13-14-15-16-17-18-2/h14-17H,3-13H2,1-2H3/b15-14+,17-16+. The Hall–Kier alpha value is -0.720. The van der Waals surface area contributed by atoms with E-state index in [4.69, 9.17) is 4.74 Å². The lowest BCUT2D eigenvalue weighted by atomic mass is 10.1. The Balaban J connectivity index is 3.03. The lowest BCUT2D eigenvalue weighted by molar-refractivity contribution is 0.338. The number of rotatable bonds is 13. The van der Waals surface area contributed by atoms with Crippen LogP contribution in [0.2, 0.25) is 0 Å². The van der Waals surface area contributed by atoms with Gasteiger partial charge in [-0.3, -0.25) is 0 Å². The van der Waals surface area contributed by atoms with Crippen LogP contribution in [-0.4, -0.2) is 7.11 Å². The fourth-order valence-electron chi connectivity index (χ4n) is 2.05. The highest BCUT2D eigenvalue weighted by atomic mass is 16.5. The molecule has 0 aliphatic rings. The van der Waals surface area contributed by atoms with Crippen LogP contribution in [0.3, 0.4) is 0 Å². The molecular formula is C17H32O. The summed E-state index contributed by atoms with van der Waals surface area (Å²) in [6, 6.07) is 0. The molecule has 0 atom stereocenters. The van der Waals surface area contributed by atoms with Crippen molar-refractivity contribution in [2.75, 3.05) is 7.11 Å². The molecule has 0 aromatic heterocycles. The van der Waals surface area contributed by atoms with E-state index in [1.165, 1.54) is 70.6 Å². The maximum absolute atomic E-state index is 4.82. The summed E-state index contributed by atoms with van der Waals surface area (Å²) in [5.41, 5.74) is 0. The van der Waals surface area contributed by atoms with Crippen molar-refractivity contribution in [3.8, 4) is 0 Å². The third-order valence-corrected chi connectivity index (χ3v) is 3.19. The second kappa shape index (κ2) is 16.3. The molecule has 0 aliphatic carbocycles. The van der Waals surface area contributed by atoms with E-state index in [0.717, 1.165) is 0 Å². The van der Waals surface area contributed by atoms with Gasteiger partial charge < -0.3 is 4.74 Å². The summed E-state index contributed by atoms with van der Waals surface area (Å²) in [6.07, 6.45) is 23.2. The minimum Gasteiger partial charge on any atom is -0.504 e. The zero-order valence-electron chi connectivity index (χ0n) is 12.5. The van der Waals surface area contributed by atoms with Crippen LogP contribution in [0.5, 0.6) is 0 Å². The van der Waals surface area contributed by atoms with E-state index in [1.807, 2.05) is 6.08 Å². The third kappa shape index (κ3) is 15.3. The predicted molar refractivity (Wildman–Crippen MR) is 81.8 cm³/mol. The van der Waals surface area contributed by atoms with E-state index in [2.05, 4.69) is 19.1 Å². The molecule has 0 aliphatic heterocycles. The highest BCUT2D eigenvalue weighted by Crippen LogP contribution is 2.11. The fraction of sp³-hybridized carbons (Fsp3) is 0.765. The number of ether oxygens (including phenoxy) is 1. The highest BCUT2D eigenvalue weighted by molar-refractivity contribution is 4.99. The Morgan fingerprint density at radius 3 is 1.83 bits per heavy atom. The molecule has 0 N–H and O–H groups in total. The Kier molecular flexibility index (Phi) is 15.6. The van der Waals surface area contributed by atoms with Gasteiger partial charge in [0.15, 0.2) is 0 Å². The minimum atomic E-state index is 1.20. The third-order valence-electron chi connectivity index (χ3n) is 3.19. The van der Waals surface area contributed by atoms with E-state index in [0.29, 0.717) is 0 Å². The summed E-state index contributed by atoms with van der Waals surface area (Å²) in [6.45, 7) is 2.28. The summed E-state index contributed by atoms with van der Waals surface area (Å²) in [7, 11) is 1.67. The van der Waals surface area contributed by atoms with Crippen molar-refractivity contribution in [1.29, 1.82) is 0 Å². The molecule has 0 saturated carbocycles. The zero-order valence-corrected chi connectivity index (χ0v) is 12.5. The van der Waals surface area contributed by atoms with Crippen LogP contribution < -0.4 is 0 Å². The summed E-state index contributed by atoms with van der Waals surface area (Å²) < 4.78 is 4.82. The molecule has 18 heavy (non-hydrogen) atoms. The summed E-state index contributed by atoms with van der Waals surface area (Å²) in [5.74, 6) is 0. The zero-order chi connectivity index (χ0) is 13.3. The molecule has 0 radical (unpaired) electrons. The molecule has 1 nitrogen and oxygen atoms in total. The van der Waals surface area contributed by atoms with Gasteiger partial charge >= 0.3 is 0 Å². The van der Waals surface area contributed by atoms with Crippen LogP contribution in [-0.2, 0) is 4.74 Å². The molecule has 0 rings (SSSR count). The van der Waals surface area contributed by atoms with Gasteiger partial charge in [-0.25, -0.2) is 0 Å². The quantitative estimate of drug-likeness (QED) is 0.221. The van der Waals surface area contributed by atoms with Crippen LogP contribution in [0.25, 0.3) is 0 Å². The average molecular weight is 252 g/mol. The van der Waals surface area contributed by atoms with Crippen molar-refractivity contribution in [1.82, 2.24) is 0 Å². The average Bonchev–Trinajstić information content (AvgIpc) is 2.39. The summed E-state index contributed by atoms with van der Waals surface area (Å²) >= 11 is 0. The maximum atomic E-state index is 4.82. The molecule has 0 unspecified atom stereocenters.